The number of aromatic amines is 2. The summed E-state index contributed by atoms with van der Waals surface area (Å²) in [5.74, 6) is 0. The summed E-state index contributed by atoms with van der Waals surface area (Å²) in [5, 5.41) is 2.15. The summed E-state index contributed by atoms with van der Waals surface area (Å²) in [7, 11) is 0. The molecule has 0 aliphatic carbocycles. The van der Waals surface area contributed by atoms with Crippen LogP contribution >= 0.6 is 11.6 Å². The smallest absolute Gasteiger partial charge is 0.258 e. The van der Waals surface area contributed by atoms with Crippen molar-refractivity contribution in [3.63, 3.8) is 0 Å². The zero-order chi connectivity index (χ0) is 10.4. The van der Waals surface area contributed by atoms with Gasteiger partial charge in [-0.1, -0.05) is 11.6 Å². The van der Waals surface area contributed by atoms with Crippen LogP contribution < -0.4 is 5.56 Å². The molecule has 3 rings (SSSR count). The van der Waals surface area contributed by atoms with Crippen molar-refractivity contribution in [2.75, 3.05) is 0 Å². The summed E-state index contributed by atoms with van der Waals surface area (Å²) in [5.41, 5.74) is 1.66. The van der Waals surface area contributed by atoms with E-state index in [-0.39, 0.29) is 5.56 Å². The summed E-state index contributed by atoms with van der Waals surface area (Å²) in [6, 6.07) is 7.31. The minimum atomic E-state index is -0.0963. The lowest BCUT2D eigenvalue weighted by atomic mass is 10.2. The molecule has 0 radical (unpaired) electrons. The van der Waals surface area contributed by atoms with E-state index in [0.29, 0.717) is 10.4 Å². The predicted octanol–water partition coefficient (Wildman–Crippen LogP) is 2.66. The molecule has 0 atom stereocenters. The molecule has 0 spiro atoms. The fraction of sp³-hybridized carbons (Fsp3) is 0. The molecule has 0 unspecified atom stereocenters. The van der Waals surface area contributed by atoms with E-state index in [2.05, 4.69) is 9.97 Å². The molecular formula is C11H7ClN2O. The second kappa shape index (κ2) is 2.87. The van der Waals surface area contributed by atoms with Crippen molar-refractivity contribution in [2.45, 2.75) is 0 Å². The van der Waals surface area contributed by atoms with Gasteiger partial charge in [-0.2, -0.15) is 0 Å². The molecule has 0 saturated carbocycles. The average molecular weight is 219 g/mol. The first kappa shape index (κ1) is 8.56. The van der Waals surface area contributed by atoms with Crippen LogP contribution in [-0.4, -0.2) is 9.97 Å². The minimum Gasteiger partial charge on any atom is -0.354 e. The van der Waals surface area contributed by atoms with Gasteiger partial charge >= 0.3 is 0 Å². The van der Waals surface area contributed by atoms with Crippen LogP contribution in [0.25, 0.3) is 21.8 Å². The maximum absolute atomic E-state index is 11.6. The molecule has 0 saturated heterocycles. The van der Waals surface area contributed by atoms with Gasteiger partial charge in [0.1, 0.15) is 0 Å². The number of benzene rings is 1. The number of H-pyrrole nitrogens is 2. The number of hydrogen-bond acceptors (Lipinski definition) is 1. The quantitative estimate of drug-likeness (QED) is 0.599. The molecule has 0 aliphatic heterocycles. The molecule has 0 aliphatic rings. The van der Waals surface area contributed by atoms with E-state index in [0.717, 1.165) is 16.4 Å². The number of rotatable bonds is 0. The highest BCUT2D eigenvalue weighted by Crippen LogP contribution is 2.24. The third-order valence-electron chi connectivity index (χ3n) is 2.48. The van der Waals surface area contributed by atoms with Crippen molar-refractivity contribution in [3.05, 3.63) is 45.8 Å². The van der Waals surface area contributed by atoms with Crippen LogP contribution in [0.1, 0.15) is 0 Å². The number of hydrogen-bond donors (Lipinski definition) is 2. The first-order valence-corrected chi connectivity index (χ1v) is 4.92. The summed E-state index contributed by atoms with van der Waals surface area (Å²) in [4.78, 5) is 17.5. The van der Waals surface area contributed by atoms with E-state index in [1.54, 1.807) is 18.3 Å². The maximum atomic E-state index is 11.6. The van der Waals surface area contributed by atoms with E-state index in [1.807, 2.05) is 12.1 Å². The summed E-state index contributed by atoms with van der Waals surface area (Å²) >= 11 is 5.90. The highest BCUT2D eigenvalue weighted by Gasteiger charge is 2.07. The van der Waals surface area contributed by atoms with Gasteiger partial charge in [0, 0.05) is 22.1 Å². The monoisotopic (exact) mass is 218 g/mol. The molecule has 4 heteroatoms. The first-order chi connectivity index (χ1) is 7.25. The summed E-state index contributed by atoms with van der Waals surface area (Å²) in [6.45, 7) is 0. The molecule has 74 valence electrons. The van der Waals surface area contributed by atoms with Crippen LogP contribution in [0.5, 0.6) is 0 Å². The Balaban J connectivity index is 2.67. The Bertz CT molecular complexity index is 711. The predicted molar refractivity (Wildman–Crippen MR) is 61.4 cm³/mol. The van der Waals surface area contributed by atoms with E-state index < -0.39 is 0 Å². The average Bonchev–Trinajstić information content (AvgIpc) is 2.57. The van der Waals surface area contributed by atoms with E-state index in [4.69, 9.17) is 11.6 Å². The van der Waals surface area contributed by atoms with Crippen LogP contribution in [0.15, 0.2) is 35.3 Å². The Morgan fingerprint density at radius 2 is 2.00 bits per heavy atom. The van der Waals surface area contributed by atoms with Gasteiger partial charge in [0.05, 0.1) is 10.9 Å². The Kier molecular flexibility index (Phi) is 1.64. The van der Waals surface area contributed by atoms with Crippen molar-refractivity contribution in [1.82, 2.24) is 9.97 Å². The van der Waals surface area contributed by atoms with Gasteiger partial charge in [-0.3, -0.25) is 4.79 Å². The van der Waals surface area contributed by atoms with Crippen LogP contribution in [0, 0.1) is 0 Å². The lowest BCUT2D eigenvalue weighted by molar-refractivity contribution is 1.28. The normalized spacial score (nSPS) is 11.3. The van der Waals surface area contributed by atoms with Gasteiger partial charge in [0.15, 0.2) is 0 Å². The molecule has 0 bridgehead atoms. The van der Waals surface area contributed by atoms with Crippen LogP contribution in [-0.2, 0) is 0 Å². The Morgan fingerprint density at radius 1 is 1.13 bits per heavy atom. The number of nitrogens with one attached hydrogen (secondary N) is 2. The number of halogens is 1. The minimum absolute atomic E-state index is 0.0963. The number of pyridine rings is 1. The fourth-order valence-electron chi connectivity index (χ4n) is 1.83. The first-order valence-electron chi connectivity index (χ1n) is 4.54. The van der Waals surface area contributed by atoms with Crippen molar-refractivity contribution in [2.24, 2.45) is 0 Å². The number of aromatic nitrogens is 2. The molecular weight excluding hydrogens is 212 g/mol. The Hall–Kier alpha value is -1.74. The molecule has 1 aromatic carbocycles. The van der Waals surface area contributed by atoms with Crippen molar-refractivity contribution in [3.8, 4) is 0 Å². The third-order valence-corrected chi connectivity index (χ3v) is 2.72. The highest BCUT2D eigenvalue weighted by atomic mass is 35.5. The van der Waals surface area contributed by atoms with E-state index >= 15 is 0 Å². The topological polar surface area (TPSA) is 48.6 Å². The molecule has 3 aromatic rings. The van der Waals surface area contributed by atoms with Gasteiger partial charge in [-0.25, -0.2) is 0 Å². The second-order valence-corrected chi connectivity index (χ2v) is 3.85. The van der Waals surface area contributed by atoms with E-state index in [1.165, 1.54) is 0 Å². The summed E-state index contributed by atoms with van der Waals surface area (Å²) < 4.78 is 0. The lowest BCUT2D eigenvalue weighted by Crippen LogP contribution is -2.02. The van der Waals surface area contributed by atoms with Gasteiger partial charge in [0.25, 0.3) is 5.56 Å². The molecule has 0 fully saturated rings. The SMILES string of the molecule is O=c1[nH]ccc2[nH]c3ccc(Cl)cc3c12. The van der Waals surface area contributed by atoms with Crippen molar-refractivity contribution >= 4 is 33.4 Å². The molecule has 15 heavy (non-hydrogen) atoms. The molecule has 2 N–H and O–H groups in total. The zero-order valence-electron chi connectivity index (χ0n) is 7.67. The van der Waals surface area contributed by atoms with Gasteiger partial charge < -0.3 is 9.97 Å². The molecule has 2 aromatic heterocycles. The van der Waals surface area contributed by atoms with Crippen LogP contribution in [0.3, 0.4) is 0 Å². The van der Waals surface area contributed by atoms with Gasteiger partial charge in [-0.15, -0.1) is 0 Å². The molecule has 2 heterocycles. The maximum Gasteiger partial charge on any atom is 0.258 e. The number of fused-ring (bicyclic) bond motifs is 3. The largest absolute Gasteiger partial charge is 0.354 e. The van der Waals surface area contributed by atoms with Gasteiger partial charge in [-0.05, 0) is 24.3 Å². The molecule has 0 amide bonds. The highest BCUT2D eigenvalue weighted by molar-refractivity contribution is 6.31. The van der Waals surface area contributed by atoms with Crippen molar-refractivity contribution in [1.29, 1.82) is 0 Å². The third kappa shape index (κ3) is 1.17. The molecule has 3 nitrogen and oxygen atoms in total. The second-order valence-electron chi connectivity index (χ2n) is 3.41. The summed E-state index contributed by atoms with van der Waals surface area (Å²) in [6.07, 6.45) is 1.63. The zero-order valence-corrected chi connectivity index (χ0v) is 8.43. The Morgan fingerprint density at radius 3 is 2.87 bits per heavy atom. The van der Waals surface area contributed by atoms with Crippen LogP contribution in [0.4, 0.5) is 0 Å². The lowest BCUT2D eigenvalue weighted by Gasteiger charge is -1.90. The standard InChI is InChI=1S/C11H7ClN2O/c12-6-1-2-8-7(5-6)10-9(14-8)3-4-13-11(10)15/h1-5,14H,(H,13,15). The fourth-order valence-corrected chi connectivity index (χ4v) is 2.00. The van der Waals surface area contributed by atoms with Gasteiger partial charge in [0.2, 0.25) is 0 Å². The van der Waals surface area contributed by atoms with Crippen LogP contribution in [0.2, 0.25) is 5.02 Å². The van der Waals surface area contributed by atoms with E-state index in [9.17, 15) is 4.79 Å². The Labute approximate surface area is 89.7 Å². The van der Waals surface area contributed by atoms with Crippen molar-refractivity contribution < 1.29 is 0 Å².